The van der Waals surface area contributed by atoms with Gasteiger partial charge in [0.15, 0.2) is 11.6 Å². The molecule has 2 aromatic rings. The zero-order valence-electron chi connectivity index (χ0n) is 11.8. The van der Waals surface area contributed by atoms with E-state index in [0.717, 1.165) is 11.0 Å². The van der Waals surface area contributed by atoms with Gasteiger partial charge in [-0.2, -0.15) is 0 Å². The maximum absolute atomic E-state index is 11.7. The summed E-state index contributed by atoms with van der Waals surface area (Å²) < 4.78 is 0. The average Bonchev–Trinajstić information content (AvgIpc) is 2.44. The molecule has 3 N–H and O–H groups in total. The van der Waals surface area contributed by atoms with Crippen molar-refractivity contribution in [2.24, 2.45) is 0 Å². The van der Waals surface area contributed by atoms with E-state index < -0.39 is 0 Å². The molecule has 1 amide bonds. The number of carbonyl (C=O) groups is 1. The normalized spacial score (nSPS) is 10.5. The molecule has 0 atom stereocenters. The minimum atomic E-state index is -0.0521. The highest BCUT2D eigenvalue weighted by Gasteiger charge is 2.15. The molecule has 0 saturated carbocycles. The first-order chi connectivity index (χ1) is 9.65. The van der Waals surface area contributed by atoms with Crippen LogP contribution in [0, 0.1) is 0 Å². The Kier molecular flexibility index (Phi) is 4.34. The van der Waals surface area contributed by atoms with Crippen LogP contribution < -0.4 is 16.0 Å². The van der Waals surface area contributed by atoms with Gasteiger partial charge in [0.2, 0.25) is 5.91 Å². The van der Waals surface area contributed by atoms with Crippen LogP contribution in [-0.2, 0) is 4.79 Å². The summed E-state index contributed by atoms with van der Waals surface area (Å²) in [4.78, 5) is 22.4. The lowest BCUT2D eigenvalue weighted by Crippen LogP contribution is -2.38. The van der Waals surface area contributed by atoms with Crippen molar-refractivity contribution in [3.63, 3.8) is 0 Å². The Morgan fingerprint density at radius 1 is 1.25 bits per heavy atom. The summed E-state index contributed by atoms with van der Waals surface area (Å²) >= 11 is 0. The molecule has 0 aliphatic heterocycles. The van der Waals surface area contributed by atoms with Crippen LogP contribution in [0.15, 0.2) is 24.3 Å². The van der Waals surface area contributed by atoms with Gasteiger partial charge in [0.05, 0.1) is 17.6 Å². The second kappa shape index (κ2) is 6.18. The third kappa shape index (κ3) is 2.96. The van der Waals surface area contributed by atoms with E-state index in [-0.39, 0.29) is 12.5 Å². The smallest absolute Gasteiger partial charge is 0.239 e. The van der Waals surface area contributed by atoms with Crippen LogP contribution in [-0.4, -0.2) is 35.5 Å². The van der Waals surface area contributed by atoms with Gasteiger partial charge in [-0.05, 0) is 26.0 Å². The van der Waals surface area contributed by atoms with Gasteiger partial charge in [-0.1, -0.05) is 12.1 Å². The van der Waals surface area contributed by atoms with Crippen molar-refractivity contribution in [3.05, 3.63) is 24.3 Å². The van der Waals surface area contributed by atoms with Crippen molar-refractivity contribution in [1.82, 2.24) is 15.3 Å². The number of hydrogen-bond donors (Lipinski definition) is 2. The molecule has 0 unspecified atom stereocenters. The highest BCUT2D eigenvalue weighted by atomic mass is 16.2. The van der Waals surface area contributed by atoms with Crippen LogP contribution in [0.3, 0.4) is 0 Å². The van der Waals surface area contributed by atoms with E-state index in [1.807, 2.05) is 43.0 Å². The average molecular weight is 273 g/mol. The monoisotopic (exact) mass is 273 g/mol. The predicted molar refractivity (Wildman–Crippen MR) is 80.5 cm³/mol. The number of carbonyl (C=O) groups excluding carboxylic acids is 1. The van der Waals surface area contributed by atoms with Crippen molar-refractivity contribution in [3.8, 4) is 0 Å². The van der Waals surface area contributed by atoms with E-state index in [9.17, 15) is 4.79 Å². The number of anilines is 2. The first-order valence-corrected chi connectivity index (χ1v) is 6.69. The Bertz CT molecular complexity index is 614. The molecule has 0 aliphatic rings. The molecule has 0 radical (unpaired) electrons. The molecule has 2 rings (SSSR count). The number of aromatic nitrogens is 2. The van der Waals surface area contributed by atoms with Gasteiger partial charge in [0, 0.05) is 13.1 Å². The highest BCUT2D eigenvalue weighted by molar-refractivity contribution is 5.84. The fraction of sp³-hybridized carbons (Fsp3) is 0.357. The van der Waals surface area contributed by atoms with Crippen LogP contribution in [0.25, 0.3) is 11.0 Å². The molecular weight excluding hydrogens is 254 g/mol. The third-order valence-corrected chi connectivity index (χ3v) is 2.97. The Balaban J connectivity index is 2.33. The standard InChI is InChI=1S/C14H19N5O/c1-3-16-12(20)9-19(4-2)14-13(15)17-10-7-5-6-8-11(10)18-14/h5-8H,3-4,9H2,1-2H3,(H2,15,17)(H,16,20). The Morgan fingerprint density at radius 2 is 1.90 bits per heavy atom. The number of amides is 1. The van der Waals surface area contributed by atoms with Crippen LogP contribution in [0.5, 0.6) is 0 Å². The summed E-state index contributed by atoms with van der Waals surface area (Å²) in [5.41, 5.74) is 7.49. The van der Waals surface area contributed by atoms with Crippen molar-refractivity contribution in [2.75, 3.05) is 30.3 Å². The van der Waals surface area contributed by atoms with Gasteiger partial charge in [-0.3, -0.25) is 4.79 Å². The fourth-order valence-corrected chi connectivity index (χ4v) is 2.00. The van der Waals surface area contributed by atoms with Crippen molar-refractivity contribution >= 4 is 28.6 Å². The lowest BCUT2D eigenvalue weighted by atomic mass is 10.3. The van der Waals surface area contributed by atoms with E-state index in [1.54, 1.807) is 0 Å². The molecule has 1 heterocycles. The van der Waals surface area contributed by atoms with Crippen LogP contribution in [0.2, 0.25) is 0 Å². The number of nitrogen functional groups attached to an aromatic ring is 1. The molecule has 1 aromatic carbocycles. The number of likely N-dealkylation sites (N-methyl/N-ethyl adjacent to an activating group) is 2. The lowest BCUT2D eigenvalue weighted by Gasteiger charge is -2.22. The Morgan fingerprint density at radius 3 is 2.50 bits per heavy atom. The molecule has 6 heteroatoms. The molecule has 6 nitrogen and oxygen atoms in total. The van der Waals surface area contributed by atoms with Crippen LogP contribution in [0.4, 0.5) is 11.6 Å². The molecule has 0 saturated heterocycles. The third-order valence-electron chi connectivity index (χ3n) is 2.97. The van der Waals surface area contributed by atoms with E-state index in [0.29, 0.717) is 24.7 Å². The summed E-state index contributed by atoms with van der Waals surface area (Å²) in [6, 6.07) is 7.53. The highest BCUT2D eigenvalue weighted by Crippen LogP contribution is 2.21. The summed E-state index contributed by atoms with van der Waals surface area (Å²) in [6.45, 7) is 5.30. The quantitative estimate of drug-likeness (QED) is 0.854. The predicted octanol–water partition coefficient (Wildman–Crippen LogP) is 1.17. The number of benzene rings is 1. The molecule has 1 aromatic heterocycles. The molecule has 20 heavy (non-hydrogen) atoms. The number of nitrogens with one attached hydrogen (secondary N) is 1. The number of fused-ring (bicyclic) bond motifs is 1. The second-order valence-corrected chi connectivity index (χ2v) is 4.39. The van der Waals surface area contributed by atoms with Crippen LogP contribution in [0.1, 0.15) is 13.8 Å². The summed E-state index contributed by atoms with van der Waals surface area (Å²) in [7, 11) is 0. The Labute approximate surface area is 118 Å². The summed E-state index contributed by atoms with van der Waals surface area (Å²) in [5.74, 6) is 0.844. The number of nitrogens with zero attached hydrogens (tertiary/aromatic N) is 3. The van der Waals surface area contributed by atoms with Gasteiger partial charge >= 0.3 is 0 Å². The van der Waals surface area contributed by atoms with Gasteiger partial charge in [-0.25, -0.2) is 9.97 Å². The van der Waals surface area contributed by atoms with Gasteiger partial charge in [0.25, 0.3) is 0 Å². The topological polar surface area (TPSA) is 84.1 Å². The van der Waals surface area contributed by atoms with E-state index in [2.05, 4.69) is 15.3 Å². The minimum Gasteiger partial charge on any atom is -0.381 e. The van der Waals surface area contributed by atoms with Crippen LogP contribution >= 0.6 is 0 Å². The minimum absolute atomic E-state index is 0.0521. The van der Waals surface area contributed by atoms with Gasteiger partial charge in [-0.15, -0.1) is 0 Å². The van der Waals surface area contributed by atoms with Gasteiger partial charge < -0.3 is 16.0 Å². The zero-order chi connectivity index (χ0) is 14.5. The zero-order valence-corrected chi connectivity index (χ0v) is 11.8. The van der Waals surface area contributed by atoms with E-state index in [4.69, 9.17) is 5.73 Å². The number of hydrogen-bond acceptors (Lipinski definition) is 5. The molecule has 0 spiro atoms. The van der Waals surface area contributed by atoms with E-state index >= 15 is 0 Å². The number of nitrogens with two attached hydrogens (primary N) is 1. The molecular formula is C14H19N5O. The largest absolute Gasteiger partial charge is 0.381 e. The maximum atomic E-state index is 11.7. The fourth-order valence-electron chi connectivity index (χ4n) is 2.00. The first kappa shape index (κ1) is 14.0. The number of rotatable bonds is 5. The lowest BCUT2D eigenvalue weighted by molar-refractivity contribution is -0.119. The molecule has 0 fully saturated rings. The van der Waals surface area contributed by atoms with Crippen molar-refractivity contribution < 1.29 is 4.79 Å². The Hall–Kier alpha value is -2.37. The second-order valence-electron chi connectivity index (χ2n) is 4.39. The first-order valence-electron chi connectivity index (χ1n) is 6.69. The van der Waals surface area contributed by atoms with Crippen molar-refractivity contribution in [1.29, 1.82) is 0 Å². The number of para-hydroxylation sites is 2. The summed E-state index contributed by atoms with van der Waals surface area (Å²) in [5, 5.41) is 2.77. The SMILES string of the molecule is CCNC(=O)CN(CC)c1nc2ccccc2nc1N. The maximum Gasteiger partial charge on any atom is 0.239 e. The molecule has 0 aliphatic carbocycles. The summed E-state index contributed by atoms with van der Waals surface area (Å²) in [6.07, 6.45) is 0. The molecule has 106 valence electrons. The van der Waals surface area contributed by atoms with Crippen molar-refractivity contribution in [2.45, 2.75) is 13.8 Å². The molecule has 0 bridgehead atoms. The van der Waals surface area contributed by atoms with Gasteiger partial charge in [0.1, 0.15) is 0 Å². The van der Waals surface area contributed by atoms with E-state index in [1.165, 1.54) is 0 Å².